The Kier molecular flexibility index (Phi) is 2.64. The first-order chi connectivity index (χ1) is 6.62. The predicted octanol–water partition coefficient (Wildman–Crippen LogP) is 2.30. The van der Waals surface area contributed by atoms with Crippen LogP contribution in [0.3, 0.4) is 0 Å². The summed E-state index contributed by atoms with van der Waals surface area (Å²) in [6, 6.07) is 2.06. The molecule has 2 rings (SSSR count). The number of hydrogen-bond donors (Lipinski definition) is 1. The third kappa shape index (κ3) is 1.60. The molecule has 2 nitrogen and oxygen atoms in total. The zero-order chi connectivity index (χ0) is 10.2. The smallest absolute Gasteiger partial charge is 0.101 e. The number of thiophene rings is 1. The summed E-state index contributed by atoms with van der Waals surface area (Å²) in [4.78, 5) is 1.09. The SMILES string of the molecule is Cc1ccsc1C(C)(O)C1CCOC1. The first-order valence-electron chi connectivity index (χ1n) is 4.97. The molecule has 1 aliphatic heterocycles. The molecule has 0 spiro atoms. The van der Waals surface area contributed by atoms with Crippen LogP contribution in [-0.2, 0) is 10.3 Å². The van der Waals surface area contributed by atoms with Gasteiger partial charge >= 0.3 is 0 Å². The van der Waals surface area contributed by atoms with Crippen LogP contribution in [0, 0.1) is 12.8 Å². The molecule has 2 unspecified atom stereocenters. The van der Waals surface area contributed by atoms with Gasteiger partial charge in [0.2, 0.25) is 0 Å². The van der Waals surface area contributed by atoms with E-state index in [4.69, 9.17) is 4.74 Å². The van der Waals surface area contributed by atoms with Gasteiger partial charge in [0.1, 0.15) is 5.60 Å². The molecule has 14 heavy (non-hydrogen) atoms. The molecule has 1 aromatic heterocycles. The van der Waals surface area contributed by atoms with Crippen molar-refractivity contribution in [2.24, 2.45) is 5.92 Å². The van der Waals surface area contributed by atoms with Gasteiger partial charge in [0.05, 0.1) is 6.61 Å². The van der Waals surface area contributed by atoms with E-state index in [9.17, 15) is 5.11 Å². The summed E-state index contributed by atoms with van der Waals surface area (Å²) in [6.07, 6.45) is 0.963. The topological polar surface area (TPSA) is 29.5 Å². The third-order valence-electron chi connectivity index (χ3n) is 3.05. The molecule has 0 aliphatic carbocycles. The molecule has 1 fully saturated rings. The van der Waals surface area contributed by atoms with E-state index >= 15 is 0 Å². The molecule has 0 saturated carbocycles. The minimum absolute atomic E-state index is 0.250. The molecule has 1 N–H and O–H groups in total. The van der Waals surface area contributed by atoms with Gasteiger partial charge in [-0.25, -0.2) is 0 Å². The highest BCUT2D eigenvalue weighted by Crippen LogP contribution is 2.38. The lowest BCUT2D eigenvalue weighted by molar-refractivity contribution is -0.00692. The molecule has 1 aliphatic rings. The number of ether oxygens (including phenoxy) is 1. The van der Waals surface area contributed by atoms with Crippen LogP contribution in [0.4, 0.5) is 0 Å². The summed E-state index contributed by atoms with van der Waals surface area (Å²) in [5.41, 5.74) is 0.473. The highest BCUT2D eigenvalue weighted by Gasteiger charge is 2.37. The minimum Gasteiger partial charge on any atom is -0.384 e. The first kappa shape index (κ1) is 10.1. The molecule has 1 saturated heterocycles. The van der Waals surface area contributed by atoms with Gasteiger partial charge < -0.3 is 9.84 Å². The largest absolute Gasteiger partial charge is 0.384 e. The van der Waals surface area contributed by atoms with Crippen molar-refractivity contribution in [2.75, 3.05) is 13.2 Å². The molecule has 1 aromatic rings. The molecule has 2 heterocycles. The van der Waals surface area contributed by atoms with Crippen molar-refractivity contribution in [1.29, 1.82) is 0 Å². The van der Waals surface area contributed by atoms with Gasteiger partial charge in [-0.2, -0.15) is 0 Å². The molecule has 0 bridgehead atoms. The molecule has 78 valence electrons. The lowest BCUT2D eigenvalue weighted by Gasteiger charge is -2.28. The first-order valence-corrected chi connectivity index (χ1v) is 5.85. The highest BCUT2D eigenvalue weighted by molar-refractivity contribution is 7.10. The van der Waals surface area contributed by atoms with E-state index < -0.39 is 5.60 Å². The van der Waals surface area contributed by atoms with Crippen LogP contribution in [-0.4, -0.2) is 18.3 Å². The normalized spacial score (nSPS) is 26.4. The van der Waals surface area contributed by atoms with Gasteiger partial charge in [0.15, 0.2) is 0 Å². The Morgan fingerprint density at radius 1 is 1.64 bits per heavy atom. The molecule has 3 heteroatoms. The molecular formula is C11H16O2S. The predicted molar refractivity (Wildman–Crippen MR) is 57.6 cm³/mol. The standard InChI is InChI=1S/C11H16O2S/c1-8-4-6-14-10(8)11(2,12)9-3-5-13-7-9/h4,6,9,12H,3,5,7H2,1-2H3. The molecular weight excluding hydrogens is 196 g/mol. The summed E-state index contributed by atoms with van der Waals surface area (Å²) >= 11 is 1.64. The Balaban J connectivity index is 2.26. The Labute approximate surface area is 88.5 Å². The van der Waals surface area contributed by atoms with Crippen LogP contribution in [0.2, 0.25) is 0 Å². The van der Waals surface area contributed by atoms with Crippen molar-refractivity contribution in [3.8, 4) is 0 Å². The number of rotatable bonds is 2. The maximum absolute atomic E-state index is 10.5. The molecule has 2 atom stereocenters. The van der Waals surface area contributed by atoms with Crippen molar-refractivity contribution in [1.82, 2.24) is 0 Å². The van der Waals surface area contributed by atoms with E-state index in [-0.39, 0.29) is 5.92 Å². The zero-order valence-electron chi connectivity index (χ0n) is 8.62. The van der Waals surface area contributed by atoms with Crippen molar-refractivity contribution in [2.45, 2.75) is 25.9 Å². The fourth-order valence-electron chi connectivity index (χ4n) is 2.05. The number of hydrogen-bond acceptors (Lipinski definition) is 3. The molecule has 0 aromatic carbocycles. The van der Waals surface area contributed by atoms with Crippen molar-refractivity contribution in [3.63, 3.8) is 0 Å². The van der Waals surface area contributed by atoms with Gasteiger partial charge in [0.25, 0.3) is 0 Å². The van der Waals surface area contributed by atoms with Crippen LogP contribution in [0.25, 0.3) is 0 Å². The average Bonchev–Trinajstić information content (AvgIpc) is 2.72. The lowest BCUT2D eigenvalue weighted by Crippen LogP contribution is -2.31. The van der Waals surface area contributed by atoms with E-state index in [0.29, 0.717) is 6.61 Å². The van der Waals surface area contributed by atoms with Crippen LogP contribution in [0.15, 0.2) is 11.4 Å². The second kappa shape index (κ2) is 3.65. The Hall–Kier alpha value is -0.380. The van der Waals surface area contributed by atoms with Gasteiger partial charge in [0, 0.05) is 17.4 Å². The lowest BCUT2D eigenvalue weighted by atomic mass is 9.86. The van der Waals surface area contributed by atoms with Crippen LogP contribution < -0.4 is 0 Å². The van der Waals surface area contributed by atoms with Crippen LogP contribution in [0.5, 0.6) is 0 Å². The van der Waals surface area contributed by atoms with Gasteiger partial charge in [-0.05, 0) is 37.3 Å². The van der Waals surface area contributed by atoms with E-state index in [1.165, 1.54) is 5.56 Å². The quantitative estimate of drug-likeness (QED) is 0.815. The number of aliphatic hydroxyl groups is 1. The van der Waals surface area contributed by atoms with Crippen LogP contribution >= 0.6 is 11.3 Å². The zero-order valence-corrected chi connectivity index (χ0v) is 9.43. The highest BCUT2D eigenvalue weighted by atomic mass is 32.1. The van der Waals surface area contributed by atoms with E-state index in [1.807, 2.05) is 12.3 Å². The van der Waals surface area contributed by atoms with E-state index in [2.05, 4.69) is 13.0 Å². The van der Waals surface area contributed by atoms with Gasteiger partial charge in [-0.3, -0.25) is 0 Å². The fraction of sp³-hybridized carbons (Fsp3) is 0.636. The van der Waals surface area contributed by atoms with Crippen molar-refractivity contribution >= 4 is 11.3 Å². The fourth-order valence-corrected chi connectivity index (χ4v) is 3.12. The van der Waals surface area contributed by atoms with Gasteiger partial charge in [-0.1, -0.05) is 0 Å². The summed E-state index contributed by atoms with van der Waals surface area (Å²) in [5.74, 6) is 0.250. The van der Waals surface area contributed by atoms with E-state index in [0.717, 1.165) is 17.9 Å². The summed E-state index contributed by atoms with van der Waals surface area (Å²) in [5, 5.41) is 12.5. The van der Waals surface area contributed by atoms with E-state index in [1.54, 1.807) is 11.3 Å². The third-order valence-corrected chi connectivity index (χ3v) is 4.29. The Bertz CT molecular complexity index is 311. The monoisotopic (exact) mass is 212 g/mol. The Morgan fingerprint density at radius 3 is 2.93 bits per heavy atom. The Morgan fingerprint density at radius 2 is 2.43 bits per heavy atom. The van der Waals surface area contributed by atoms with Crippen molar-refractivity contribution < 1.29 is 9.84 Å². The average molecular weight is 212 g/mol. The minimum atomic E-state index is -0.714. The second-order valence-corrected chi connectivity index (χ2v) is 5.06. The number of aryl methyl sites for hydroxylation is 1. The molecule has 0 radical (unpaired) electrons. The molecule has 0 amide bonds. The summed E-state index contributed by atoms with van der Waals surface area (Å²) in [7, 11) is 0. The van der Waals surface area contributed by atoms with Crippen molar-refractivity contribution in [3.05, 3.63) is 21.9 Å². The second-order valence-electron chi connectivity index (χ2n) is 4.14. The summed E-state index contributed by atoms with van der Waals surface area (Å²) < 4.78 is 5.33. The summed E-state index contributed by atoms with van der Waals surface area (Å²) in [6.45, 7) is 5.43. The van der Waals surface area contributed by atoms with Crippen LogP contribution in [0.1, 0.15) is 23.8 Å². The van der Waals surface area contributed by atoms with Gasteiger partial charge in [-0.15, -0.1) is 11.3 Å². The maximum atomic E-state index is 10.5. The maximum Gasteiger partial charge on any atom is 0.101 e.